The Morgan fingerprint density at radius 3 is 2.69 bits per heavy atom. The van der Waals surface area contributed by atoms with E-state index in [-0.39, 0.29) is 18.0 Å². The Kier molecular flexibility index (Phi) is 5.07. The molecular formula is C21H19N5O3. The normalized spacial score (nSPS) is 10.8. The number of benzene rings is 2. The molecule has 2 N–H and O–H groups in total. The molecule has 146 valence electrons. The molecule has 29 heavy (non-hydrogen) atoms. The fourth-order valence-corrected chi connectivity index (χ4v) is 2.93. The number of hydrogen-bond donors (Lipinski definition) is 2. The molecule has 0 fully saturated rings. The van der Waals surface area contributed by atoms with Crippen molar-refractivity contribution in [1.29, 1.82) is 0 Å². The number of H-pyrrole nitrogens is 1. The molecule has 0 spiro atoms. The van der Waals surface area contributed by atoms with Crippen molar-refractivity contribution in [2.45, 2.75) is 13.5 Å². The van der Waals surface area contributed by atoms with E-state index in [2.05, 4.69) is 20.3 Å². The molecule has 4 rings (SSSR count). The van der Waals surface area contributed by atoms with Crippen LogP contribution in [0, 0.1) is 0 Å². The van der Waals surface area contributed by atoms with Crippen molar-refractivity contribution in [2.24, 2.45) is 0 Å². The lowest BCUT2D eigenvalue weighted by atomic mass is 10.1. The van der Waals surface area contributed by atoms with Crippen molar-refractivity contribution >= 4 is 22.9 Å². The second kappa shape index (κ2) is 7.97. The molecule has 8 nitrogen and oxygen atoms in total. The number of fused-ring (bicyclic) bond motifs is 1. The van der Waals surface area contributed by atoms with E-state index in [1.165, 1.54) is 17.0 Å². The number of rotatable bonds is 6. The summed E-state index contributed by atoms with van der Waals surface area (Å²) in [6.45, 7) is 2.34. The van der Waals surface area contributed by atoms with Gasteiger partial charge in [-0.15, -0.1) is 0 Å². The minimum atomic E-state index is -0.373. The first kappa shape index (κ1) is 18.4. The highest BCUT2D eigenvalue weighted by Crippen LogP contribution is 2.19. The van der Waals surface area contributed by atoms with Gasteiger partial charge in [0.05, 0.1) is 29.7 Å². The minimum absolute atomic E-state index is 0.160. The Bertz CT molecular complexity index is 1180. The van der Waals surface area contributed by atoms with Crippen LogP contribution in [-0.2, 0) is 11.3 Å². The maximum absolute atomic E-state index is 12.4. The van der Waals surface area contributed by atoms with Gasteiger partial charge in [0.2, 0.25) is 11.9 Å². The summed E-state index contributed by atoms with van der Waals surface area (Å²) in [5.41, 5.74) is 2.59. The van der Waals surface area contributed by atoms with Gasteiger partial charge in [-0.05, 0) is 43.3 Å². The predicted octanol–water partition coefficient (Wildman–Crippen LogP) is 2.82. The van der Waals surface area contributed by atoms with E-state index >= 15 is 0 Å². The van der Waals surface area contributed by atoms with Crippen molar-refractivity contribution in [2.75, 3.05) is 11.9 Å². The molecule has 0 atom stereocenters. The molecule has 0 saturated carbocycles. The van der Waals surface area contributed by atoms with Crippen molar-refractivity contribution in [1.82, 2.24) is 19.5 Å². The number of nitrogens with one attached hydrogen (secondary N) is 2. The molecule has 0 aliphatic carbocycles. The zero-order valence-electron chi connectivity index (χ0n) is 15.8. The van der Waals surface area contributed by atoms with E-state index in [1.54, 1.807) is 0 Å². The van der Waals surface area contributed by atoms with Crippen LogP contribution in [-0.4, -0.2) is 32.0 Å². The second-order valence-electron chi connectivity index (χ2n) is 6.35. The van der Waals surface area contributed by atoms with E-state index in [4.69, 9.17) is 4.74 Å². The molecule has 0 saturated heterocycles. The van der Waals surface area contributed by atoms with Gasteiger partial charge in [0.25, 0.3) is 5.56 Å². The molecule has 4 aromatic rings. The Morgan fingerprint density at radius 1 is 1.17 bits per heavy atom. The number of anilines is 1. The van der Waals surface area contributed by atoms with Crippen LogP contribution in [0.15, 0.2) is 65.7 Å². The average molecular weight is 389 g/mol. The van der Waals surface area contributed by atoms with E-state index in [9.17, 15) is 9.59 Å². The van der Waals surface area contributed by atoms with Gasteiger partial charge in [-0.2, -0.15) is 0 Å². The Balaban J connectivity index is 1.46. The average Bonchev–Trinajstić information content (AvgIpc) is 3.12. The molecule has 2 heterocycles. The molecule has 2 aromatic heterocycles. The van der Waals surface area contributed by atoms with E-state index in [0.29, 0.717) is 18.2 Å². The molecule has 0 radical (unpaired) electrons. The summed E-state index contributed by atoms with van der Waals surface area (Å²) in [5, 5.41) is 2.66. The minimum Gasteiger partial charge on any atom is -0.494 e. The molecule has 0 aliphatic heterocycles. The van der Waals surface area contributed by atoms with Crippen LogP contribution in [0.5, 0.6) is 5.75 Å². The maximum Gasteiger partial charge on any atom is 0.254 e. The van der Waals surface area contributed by atoms with Gasteiger partial charge < -0.3 is 9.72 Å². The summed E-state index contributed by atoms with van der Waals surface area (Å²) in [4.78, 5) is 36.3. The molecule has 0 unspecified atom stereocenters. The lowest BCUT2D eigenvalue weighted by Crippen LogP contribution is -2.27. The first-order chi connectivity index (χ1) is 14.1. The van der Waals surface area contributed by atoms with Crippen LogP contribution in [0.3, 0.4) is 0 Å². The zero-order valence-corrected chi connectivity index (χ0v) is 15.8. The monoisotopic (exact) mass is 389 g/mol. The number of carbonyl (C=O) groups excluding carboxylic acids is 1. The van der Waals surface area contributed by atoms with Crippen molar-refractivity contribution in [3.05, 3.63) is 71.3 Å². The van der Waals surface area contributed by atoms with Gasteiger partial charge >= 0.3 is 0 Å². The molecule has 2 aromatic carbocycles. The standard InChI is InChI=1S/C21H19N5O3/c1-2-29-15-9-7-14(8-10-15)18-11-20(28)26(13-22-18)12-19(27)25-21-23-16-5-3-4-6-17(16)24-21/h3-11,13H,2,12H2,1H3,(H2,23,24,25,27). The van der Waals surface area contributed by atoms with Crippen molar-refractivity contribution in [3.63, 3.8) is 0 Å². The van der Waals surface area contributed by atoms with Gasteiger partial charge in [0.1, 0.15) is 12.3 Å². The van der Waals surface area contributed by atoms with E-state index < -0.39 is 0 Å². The second-order valence-corrected chi connectivity index (χ2v) is 6.35. The van der Waals surface area contributed by atoms with E-state index in [1.807, 2.05) is 55.5 Å². The number of imidazole rings is 1. The molecule has 0 bridgehead atoms. The number of nitrogens with zero attached hydrogens (tertiary/aromatic N) is 3. The molecular weight excluding hydrogens is 370 g/mol. The highest BCUT2D eigenvalue weighted by atomic mass is 16.5. The molecule has 0 aliphatic rings. The van der Waals surface area contributed by atoms with Crippen LogP contribution in [0.4, 0.5) is 5.95 Å². The molecule has 8 heteroatoms. The Labute approximate surface area is 166 Å². The summed E-state index contributed by atoms with van der Waals surface area (Å²) < 4.78 is 6.66. The third-order valence-corrected chi connectivity index (χ3v) is 4.30. The first-order valence-electron chi connectivity index (χ1n) is 9.16. The number of para-hydroxylation sites is 2. The van der Waals surface area contributed by atoms with Gasteiger partial charge in [-0.25, -0.2) is 9.97 Å². The van der Waals surface area contributed by atoms with Crippen LogP contribution >= 0.6 is 0 Å². The SMILES string of the molecule is CCOc1ccc(-c2cc(=O)n(CC(=O)Nc3nc4ccccc4[nH]3)cn2)cc1. The van der Waals surface area contributed by atoms with Crippen molar-refractivity contribution < 1.29 is 9.53 Å². The topological polar surface area (TPSA) is 102 Å². The highest BCUT2D eigenvalue weighted by Gasteiger charge is 2.10. The summed E-state index contributed by atoms with van der Waals surface area (Å²) in [5.74, 6) is 0.719. The number of ether oxygens (including phenoxy) is 1. The number of aromatic amines is 1. The largest absolute Gasteiger partial charge is 0.494 e. The van der Waals surface area contributed by atoms with Crippen molar-refractivity contribution in [3.8, 4) is 17.0 Å². The van der Waals surface area contributed by atoms with Crippen LogP contribution in [0.1, 0.15) is 6.92 Å². The Hall–Kier alpha value is -3.94. The lowest BCUT2D eigenvalue weighted by Gasteiger charge is -2.07. The van der Waals surface area contributed by atoms with Crippen LogP contribution in [0.25, 0.3) is 22.3 Å². The van der Waals surface area contributed by atoms with Gasteiger partial charge in [-0.3, -0.25) is 19.5 Å². The Morgan fingerprint density at radius 2 is 1.97 bits per heavy atom. The van der Waals surface area contributed by atoms with Crippen LogP contribution < -0.4 is 15.6 Å². The van der Waals surface area contributed by atoms with Gasteiger partial charge in [0, 0.05) is 11.6 Å². The number of amides is 1. The predicted molar refractivity (Wildman–Crippen MR) is 110 cm³/mol. The fourth-order valence-electron chi connectivity index (χ4n) is 2.93. The quantitative estimate of drug-likeness (QED) is 0.528. The number of hydrogen-bond acceptors (Lipinski definition) is 5. The summed E-state index contributed by atoms with van der Waals surface area (Å²) in [7, 11) is 0. The number of carbonyl (C=O) groups is 1. The summed E-state index contributed by atoms with van der Waals surface area (Å²) in [6.07, 6.45) is 1.37. The third kappa shape index (κ3) is 4.16. The maximum atomic E-state index is 12.4. The summed E-state index contributed by atoms with van der Waals surface area (Å²) >= 11 is 0. The van der Waals surface area contributed by atoms with Gasteiger partial charge in [0.15, 0.2) is 0 Å². The molecule has 1 amide bonds. The van der Waals surface area contributed by atoms with Gasteiger partial charge in [-0.1, -0.05) is 12.1 Å². The van der Waals surface area contributed by atoms with E-state index in [0.717, 1.165) is 22.3 Å². The first-order valence-corrected chi connectivity index (χ1v) is 9.16. The highest BCUT2D eigenvalue weighted by molar-refractivity contribution is 5.90. The zero-order chi connectivity index (χ0) is 20.2. The summed E-state index contributed by atoms with van der Waals surface area (Å²) in [6, 6.07) is 16.2. The lowest BCUT2D eigenvalue weighted by molar-refractivity contribution is -0.116. The smallest absolute Gasteiger partial charge is 0.254 e. The van der Waals surface area contributed by atoms with Crippen LogP contribution in [0.2, 0.25) is 0 Å². The fraction of sp³-hybridized carbons (Fsp3) is 0.143. The number of aromatic nitrogens is 4. The third-order valence-electron chi connectivity index (χ3n) is 4.30.